The lowest BCUT2D eigenvalue weighted by Crippen LogP contribution is -2.09. The number of fused-ring (bicyclic) bond motifs is 4. The molecule has 0 spiro atoms. The molecule has 6 heteroatoms. The molecule has 0 atom stereocenters. The normalized spacial score (nSPS) is 12.1. The molecular weight excluding hydrogens is 843 g/mol. The first-order chi connectivity index (χ1) is 34.0. The molecule has 0 fully saturated rings. The lowest BCUT2D eigenvalue weighted by Gasteiger charge is -2.21. The molecule has 0 bridgehead atoms. The number of allylic oxidation sites excluding steroid dienone is 2. The van der Waals surface area contributed by atoms with Gasteiger partial charge in [-0.25, -0.2) is 9.98 Å². The minimum atomic E-state index is 0.0336. The van der Waals surface area contributed by atoms with Crippen molar-refractivity contribution >= 4 is 62.4 Å². The Morgan fingerprint density at radius 1 is 0.580 bits per heavy atom. The summed E-state index contributed by atoms with van der Waals surface area (Å²) in [5, 5.41) is 12.9. The van der Waals surface area contributed by atoms with E-state index in [4.69, 9.17) is 19.4 Å². The molecule has 11 rings (SSSR count). The molecule has 6 nitrogen and oxygen atoms in total. The Labute approximate surface area is 400 Å². The van der Waals surface area contributed by atoms with E-state index in [1.165, 1.54) is 0 Å². The fourth-order valence-electron chi connectivity index (χ4n) is 9.20. The molecule has 0 aliphatic heterocycles. The summed E-state index contributed by atoms with van der Waals surface area (Å²) in [6, 6.07) is 72.4. The van der Waals surface area contributed by atoms with Gasteiger partial charge in [0, 0.05) is 62.6 Å². The molecule has 0 aliphatic rings. The first-order valence-corrected chi connectivity index (χ1v) is 22.9. The molecule has 0 unspecified atom stereocenters. The summed E-state index contributed by atoms with van der Waals surface area (Å²) in [7, 11) is 0. The van der Waals surface area contributed by atoms with Crippen LogP contribution in [0.15, 0.2) is 246 Å². The van der Waals surface area contributed by atoms with E-state index in [0.717, 1.165) is 94.3 Å². The van der Waals surface area contributed by atoms with Gasteiger partial charge in [-0.2, -0.15) is 0 Å². The van der Waals surface area contributed by atoms with Crippen LogP contribution < -0.4 is 0 Å². The zero-order chi connectivity index (χ0) is 46.7. The number of hydrogen-bond acceptors (Lipinski definition) is 3. The predicted octanol–water partition coefficient (Wildman–Crippen LogP) is 15.9. The molecule has 3 heterocycles. The Kier molecular flexibility index (Phi) is 11.4. The molecule has 3 aromatic heterocycles. The van der Waals surface area contributed by atoms with Gasteiger partial charge in [-0.3, -0.25) is 10.4 Å². The van der Waals surface area contributed by atoms with Crippen molar-refractivity contribution in [2.24, 2.45) is 9.98 Å². The second kappa shape index (κ2) is 18.6. The number of benzene rings is 8. The molecule has 8 aromatic carbocycles. The standard InChI is InChI=1S/C63H45N5O/c1-3-44(45-23-11-5-12-24-45)35-52-42(2)68(58-34-33-49(36-55(52)58)46-25-13-6-14-26-46)61-53(47-27-15-7-16-28-47)37-50(38-54(61)48-29-17-8-18-30-48)62(64)67-63(66-40-43-21-9-4-10-22-43)57-39-60-56(41-65-57)51-31-19-20-32-59(51)69-60/h3-41,64H,1H2,2H3/b44-35+,64-62?,66-40+,67-63-. The third kappa shape index (κ3) is 8.32. The van der Waals surface area contributed by atoms with Gasteiger partial charge in [0.05, 0.1) is 11.2 Å². The van der Waals surface area contributed by atoms with Gasteiger partial charge >= 0.3 is 0 Å². The zero-order valence-electron chi connectivity index (χ0n) is 37.9. The van der Waals surface area contributed by atoms with E-state index in [1.807, 2.05) is 84.9 Å². The largest absolute Gasteiger partial charge is 0.456 e. The predicted molar refractivity (Wildman–Crippen MR) is 288 cm³/mol. The summed E-state index contributed by atoms with van der Waals surface area (Å²) in [6.07, 6.45) is 7.77. The maximum absolute atomic E-state index is 9.86. The van der Waals surface area contributed by atoms with Crippen molar-refractivity contribution in [3.05, 3.63) is 265 Å². The summed E-state index contributed by atoms with van der Waals surface area (Å²) >= 11 is 0. The summed E-state index contributed by atoms with van der Waals surface area (Å²) in [5.74, 6) is 0.318. The maximum atomic E-state index is 9.86. The molecular formula is C63H45N5O. The van der Waals surface area contributed by atoms with Crippen LogP contribution in [0.25, 0.3) is 83.6 Å². The number of pyridine rings is 1. The van der Waals surface area contributed by atoms with Crippen molar-refractivity contribution in [3.8, 4) is 39.1 Å². The van der Waals surface area contributed by atoms with Gasteiger partial charge < -0.3 is 8.98 Å². The monoisotopic (exact) mass is 887 g/mol. The first-order valence-electron chi connectivity index (χ1n) is 22.9. The molecule has 1 N–H and O–H groups in total. The Bertz CT molecular complexity index is 3730. The van der Waals surface area contributed by atoms with Gasteiger partial charge in [-0.05, 0) is 82.3 Å². The number of furan rings is 1. The van der Waals surface area contributed by atoms with E-state index in [1.54, 1.807) is 12.4 Å². The molecule has 328 valence electrons. The zero-order valence-corrected chi connectivity index (χ0v) is 37.9. The third-order valence-corrected chi connectivity index (χ3v) is 12.6. The molecule has 0 saturated carbocycles. The SMILES string of the molecule is C=C/C(=C\c1c(C)n(-c2c(-c3ccccc3)cc(C(=N)/N=C(\N=C\c3ccccc3)c3cc4oc5ccccc5c4cn3)cc2-c2ccccc2)c2ccc(-c3ccccc3)cc12)c1ccccc1. The van der Waals surface area contributed by atoms with Gasteiger partial charge in [0.25, 0.3) is 0 Å². The number of para-hydroxylation sites is 1. The minimum absolute atomic E-state index is 0.0336. The van der Waals surface area contributed by atoms with Crippen molar-refractivity contribution in [2.75, 3.05) is 0 Å². The van der Waals surface area contributed by atoms with Crippen LogP contribution in [0.3, 0.4) is 0 Å². The Hall–Kier alpha value is -9.26. The Morgan fingerprint density at radius 2 is 1.17 bits per heavy atom. The molecule has 0 saturated heterocycles. The van der Waals surface area contributed by atoms with E-state index in [0.29, 0.717) is 16.8 Å². The van der Waals surface area contributed by atoms with Crippen LogP contribution in [0.2, 0.25) is 0 Å². The smallest absolute Gasteiger partial charge is 0.180 e. The van der Waals surface area contributed by atoms with E-state index >= 15 is 0 Å². The average molecular weight is 888 g/mol. The minimum Gasteiger partial charge on any atom is -0.456 e. The fraction of sp³-hybridized carbons (Fsp3) is 0.0159. The van der Waals surface area contributed by atoms with Gasteiger partial charge in [0.1, 0.15) is 16.9 Å². The number of rotatable bonds is 10. The highest BCUT2D eigenvalue weighted by molar-refractivity contribution is 6.15. The highest BCUT2D eigenvalue weighted by Gasteiger charge is 2.24. The van der Waals surface area contributed by atoms with Gasteiger partial charge in [-0.1, -0.05) is 189 Å². The topological polar surface area (TPSA) is 79.5 Å². The van der Waals surface area contributed by atoms with Crippen LogP contribution in [0.1, 0.15) is 33.6 Å². The van der Waals surface area contributed by atoms with Crippen LogP contribution >= 0.6 is 0 Å². The highest BCUT2D eigenvalue weighted by atomic mass is 16.3. The molecule has 11 aromatic rings. The lowest BCUT2D eigenvalue weighted by molar-refractivity contribution is 0.668. The fourth-order valence-corrected chi connectivity index (χ4v) is 9.20. The maximum Gasteiger partial charge on any atom is 0.180 e. The first kappa shape index (κ1) is 42.4. The van der Waals surface area contributed by atoms with Crippen LogP contribution in [0.4, 0.5) is 0 Å². The number of amidine groups is 2. The van der Waals surface area contributed by atoms with Crippen molar-refractivity contribution in [2.45, 2.75) is 6.92 Å². The lowest BCUT2D eigenvalue weighted by atomic mass is 9.92. The second-order valence-corrected chi connectivity index (χ2v) is 16.9. The van der Waals surface area contributed by atoms with Gasteiger partial charge in [0.2, 0.25) is 0 Å². The van der Waals surface area contributed by atoms with Gasteiger partial charge in [-0.15, -0.1) is 0 Å². The van der Waals surface area contributed by atoms with E-state index in [-0.39, 0.29) is 11.7 Å². The number of hydrogen-bond donors (Lipinski definition) is 1. The Balaban J connectivity index is 1.15. The van der Waals surface area contributed by atoms with Crippen molar-refractivity contribution in [1.29, 1.82) is 5.41 Å². The third-order valence-electron chi connectivity index (χ3n) is 12.6. The van der Waals surface area contributed by atoms with Crippen LogP contribution in [-0.2, 0) is 0 Å². The van der Waals surface area contributed by atoms with Crippen LogP contribution in [0.5, 0.6) is 0 Å². The summed E-state index contributed by atoms with van der Waals surface area (Å²) in [4.78, 5) is 14.8. The molecule has 69 heavy (non-hydrogen) atoms. The summed E-state index contributed by atoms with van der Waals surface area (Å²) in [5.41, 5.74) is 15.9. The van der Waals surface area contributed by atoms with Crippen molar-refractivity contribution < 1.29 is 4.42 Å². The van der Waals surface area contributed by atoms with Crippen molar-refractivity contribution in [1.82, 2.24) is 9.55 Å². The summed E-state index contributed by atoms with van der Waals surface area (Å²) in [6.45, 7) is 6.47. The molecule has 0 amide bonds. The van der Waals surface area contributed by atoms with Gasteiger partial charge in [0.15, 0.2) is 11.7 Å². The van der Waals surface area contributed by atoms with E-state index < -0.39 is 0 Å². The van der Waals surface area contributed by atoms with Crippen LogP contribution in [0, 0.1) is 12.3 Å². The number of aromatic nitrogens is 2. The number of nitrogens with zero attached hydrogens (tertiary/aromatic N) is 4. The van der Waals surface area contributed by atoms with E-state index in [9.17, 15) is 5.41 Å². The van der Waals surface area contributed by atoms with E-state index in [2.05, 4.69) is 158 Å². The number of nitrogens with one attached hydrogen (secondary N) is 1. The molecule has 0 radical (unpaired) electrons. The van der Waals surface area contributed by atoms with Crippen molar-refractivity contribution in [3.63, 3.8) is 0 Å². The highest BCUT2D eigenvalue weighted by Crippen LogP contribution is 2.43. The Morgan fingerprint density at radius 3 is 1.83 bits per heavy atom. The second-order valence-electron chi connectivity index (χ2n) is 16.9. The molecule has 0 aliphatic carbocycles. The number of aliphatic imine (C=N–C) groups is 2. The average Bonchev–Trinajstić information content (AvgIpc) is 3.92. The quantitative estimate of drug-likeness (QED) is 0.0843. The van der Waals surface area contributed by atoms with Crippen LogP contribution in [-0.4, -0.2) is 27.4 Å². The summed E-state index contributed by atoms with van der Waals surface area (Å²) < 4.78 is 8.68.